The summed E-state index contributed by atoms with van der Waals surface area (Å²) in [7, 11) is 0. The zero-order chi connectivity index (χ0) is 22.3. The van der Waals surface area contributed by atoms with Gasteiger partial charge in [-0.15, -0.1) is 5.10 Å². The molecular formula is C19H17ClF3N5O2S. The van der Waals surface area contributed by atoms with E-state index in [2.05, 4.69) is 15.4 Å². The van der Waals surface area contributed by atoms with E-state index in [-0.39, 0.29) is 28.1 Å². The minimum atomic E-state index is -4.53. The molecule has 0 bridgehead atoms. The summed E-state index contributed by atoms with van der Waals surface area (Å²) in [5.74, 6) is -0.752. The van der Waals surface area contributed by atoms with Crippen LogP contribution in [-0.4, -0.2) is 33.6 Å². The lowest BCUT2D eigenvalue weighted by atomic mass is 9.96. The zero-order valence-electron chi connectivity index (χ0n) is 16.2. The summed E-state index contributed by atoms with van der Waals surface area (Å²) in [4.78, 5) is 31.4. The molecule has 0 atom stereocenters. The number of benzene rings is 1. The third-order valence-electron chi connectivity index (χ3n) is 5.05. The van der Waals surface area contributed by atoms with E-state index < -0.39 is 11.7 Å². The maximum atomic E-state index is 12.9. The predicted molar refractivity (Wildman–Crippen MR) is 112 cm³/mol. The Labute approximate surface area is 183 Å². The Kier molecular flexibility index (Phi) is 5.65. The Balaban J connectivity index is 1.43. The monoisotopic (exact) mass is 471 g/mol. The van der Waals surface area contributed by atoms with E-state index in [1.165, 1.54) is 21.9 Å². The first-order valence-corrected chi connectivity index (χ1v) is 10.6. The molecule has 1 fully saturated rings. The molecule has 1 aromatic carbocycles. The van der Waals surface area contributed by atoms with Gasteiger partial charge in [0.2, 0.25) is 16.0 Å². The third kappa shape index (κ3) is 4.52. The summed E-state index contributed by atoms with van der Waals surface area (Å²) in [5.41, 5.74) is -0.575. The average Bonchev–Trinajstić information content (AvgIpc) is 3.13. The van der Waals surface area contributed by atoms with Gasteiger partial charge in [0.05, 0.1) is 16.3 Å². The van der Waals surface area contributed by atoms with Crippen molar-refractivity contribution in [3.63, 3.8) is 0 Å². The Morgan fingerprint density at radius 1 is 1.26 bits per heavy atom. The first-order valence-electron chi connectivity index (χ1n) is 9.42. The first kappa shape index (κ1) is 21.6. The molecule has 31 heavy (non-hydrogen) atoms. The summed E-state index contributed by atoms with van der Waals surface area (Å²) in [5, 5.41) is 7.52. The van der Waals surface area contributed by atoms with Crippen LogP contribution in [0.2, 0.25) is 5.02 Å². The van der Waals surface area contributed by atoms with Crippen LogP contribution in [0.15, 0.2) is 29.1 Å². The van der Waals surface area contributed by atoms with E-state index in [4.69, 9.17) is 11.6 Å². The largest absolute Gasteiger partial charge is 0.416 e. The van der Waals surface area contributed by atoms with E-state index in [0.29, 0.717) is 41.7 Å². The van der Waals surface area contributed by atoms with E-state index in [1.807, 2.05) is 4.90 Å². The van der Waals surface area contributed by atoms with Gasteiger partial charge in [-0.1, -0.05) is 22.9 Å². The van der Waals surface area contributed by atoms with Crippen LogP contribution in [0.5, 0.6) is 0 Å². The van der Waals surface area contributed by atoms with E-state index in [0.717, 1.165) is 18.2 Å². The molecule has 1 aliphatic heterocycles. The Hall–Kier alpha value is -2.66. The fourth-order valence-electron chi connectivity index (χ4n) is 3.40. The minimum absolute atomic E-state index is 0.0431. The molecule has 12 heteroatoms. The van der Waals surface area contributed by atoms with E-state index in [9.17, 15) is 22.8 Å². The lowest BCUT2D eigenvalue weighted by Crippen LogP contribution is -2.38. The number of fused-ring (bicyclic) bond motifs is 1. The number of anilines is 2. The van der Waals surface area contributed by atoms with Gasteiger partial charge < -0.3 is 10.2 Å². The second-order valence-electron chi connectivity index (χ2n) is 7.26. The van der Waals surface area contributed by atoms with Crippen molar-refractivity contribution in [3.05, 3.63) is 50.9 Å². The topological polar surface area (TPSA) is 79.6 Å². The number of hydrogen-bond donors (Lipinski definition) is 1. The van der Waals surface area contributed by atoms with Crippen LogP contribution >= 0.6 is 22.9 Å². The molecule has 1 amide bonds. The van der Waals surface area contributed by atoms with Gasteiger partial charge in [0.15, 0.2) is 0 Å². The number of rotatable bonds is 3. The van der Waals surface area contributed by atoms with E-state index >= 15 is 0 Å². The van der Waals surface area contributed by atoms with Gasteiger partial charge in [-0.2, -0.15) is 17.7 Å². The second kappa shape index (κ2) is 8.12. The molecule has 3 heterocycles. The molecule has 2 aromatic heterocycles. The number of carbonyl (C=O) groups excluding carboxylic acids is 1. The summed E-state index contributed by atoms with van der Waals surface area (Å²) in [6.45, 7) is 2.77. The molecule has 1 aliphatic rings. The molecule has 3 aromatic rings. The number of piperidine rings is 1. The van der Waals surface area contributed by atoms with Crippen molar-refractivity contribution in [2.75, 3.05) is 23.3 Å². The van der Waals surface area contributed by atoms with Crippen molar-refractivity contribution in [1.29, 1.82) is 0 Å². The second-order valence-corrected chi connectivity index (χ2v) is 8.60. The van der Waals surface area contributed by atoms with Crippen LogP contribution in [0.1, 0.15) is 24.1 Å². The third-order valence-corrected chi connectivity index (χ3v) is 6.35. The van der Waals surface area contributed by atoms with Gasteiger partial charge in [-0.3, -0.25) is 9.59 Å². The minimum Gasteiger partial charge on any atom is -0.347 e. The number of alkyl halides is 3. The maximum absolute atomic E-state index is 12.9. The van der Waals surface area contributed by atoms with Crippen molar-refractivity contribution in [3.8, 4) is 0 Å². The normalized spacial score (nSPS) is 15.5. The number of nitrogens with one attached hydrogen (secondary N) is 1. The van der Waals surface area contributed by atoms with Crippen LogP contribution in [0, 0.1) is 12.8 Å². The van der Waals surface area contributed by atoms with Gasteiger partial charge in [0.1, 0.15) is 0 Å². The fraction of sp³-hybridized carbons (Fsp3) is 0.368. The highest BCUT2D eigenvalue weighted by atomic mass is 35.5. The van der Waals surface area contributed by atoms with Gasteiger partial charge in [-0.25, -0.2) is 4.98 Å². The van der Waals surface area contributed by atoms with Crippen molar-refractivity contribution < 1.29 is 18.0 Å². The first-order chi connectivity index (χ1) is 14.6. The highest BCUT2D eigenvalue weighted by molar-refractivity contribution is 7.20. The number of hydrogen-bond acceptors (Lipinski definition) is 6. The van der Waals surface area contributed by atoms with Crippen LogP contribution in [0.25, 0.3) is 4.96 Å². The number of carbonyl (C=O) groups is 1. The lowest BCUT2D eigenvalue weighted by Gasteiger charge is -2.30. The standard InChI is InChI=1S/C19H17ClF3N5O2S/c1-10-8-15(29)28-17(24-10)31-18(26-28)27-6-4-11(5-7-27)16(30)25-14-9-12(19(21,22)23)2-3-13(14)20/h2-3,8-9,11H,4-7H2,1H3,(H,25,30). The maximum Gasteiger partial charge on any atom is 0.416 e. The lowest BCUT2D eigenvalue weighted by molar-refractivity contribution is -0.137. The summed E-state index contributed by atoms with van der Waals surface area (Å²) < 4.78 is 40.0. The van der Waals surface area contributed by atoms with Crippen LogP contribution in [0.3, 0.4) is 0 Å². The molecule has 1 saturated heterocycles. The molecule has 0 spiro atoms. The smallest absolute Gasteiger partial charge is 0.347 e. The Bertz CT molecular complexity index is 1200. The summed E-state index contributed by atoms with van der Waals surface area (Å²) in [6.07, 6.45) is -3.55. The molecule has 0 saturated carbocycles. The molecule has 1 N–H and O–H groups in total. The highest BCUT2D eigenvalue weighted by Gasteiger charge is 2.32. The summed E-state index contributed by atoms with van der Waals surface area (Å²) in [6, 6.07) is 4.23. The van der Waals surface area contributed by atoms with Gasteiger partial charge in [0, 0.05) is 30.8 Å². The van der Waals surface area contributed by atoms with Crippen molar-refractivity contribution >= 4 is 44.6 Å². The SMILES string of the molecule is Cc1cc(=O)n2nc(N3CCC(C(=O)Nc4cc(C(F)(F)F)ccc4Cl)CC3)sc2n1. The molecule has 0 aliphatic carbocycles. The number of amides is 1. The molecule has 164 valence electrons. The van der Waals surface area contributed by atoms with Crippen LogP contribution < -0.4 is 15.8 Å². The Morgan fingerprint density at radius 2 is 1.97 bits per heavy atom. The number of halogens is 4. The van der Waals surface area contributed by atoms with Crippen LogP contribution in [0.4, 0.5) is 24.0 Å². The van der Waals surface area contributed by atoms with Gasteiger partial charge in [-0.05, 0) is 38.0 Å². The van der Waals surface area contributed by atoms with Crippen molar-refractivity contribution in [2.45, 2.75) is 25.9 Å². The molecule has 4 rings (SSSR count). The number of nitrogens with zero attached hydrogens (tertiary/aromatic N) is 4. The number of aromatic nitrogens is 3. The zero-order valence-corrected chi connectivity index (χ0v) is 17.8. The van der Waals surface area contributed by atoms with E-state index in [1.54, 1.807) is 6.92 Å². The fourth-order valence-corrected chi connectivity index (χ4v) is 4.57. The molecule has 0 radical (unpaired) electrons. The van der Waals surface area contributed by atoms with Gasteiger partial charge in [0.25, 0.3) is 5.56 Å². The molecule has 0 unspecified atom stereocenters. The Morgan fingerprint density at radius 3 is 2.65 bits per heavy atom. The van der Waals surface area contributed by atoms with Crippen LogP contribution in [-0.2, 0) is 11.0 Å². The summed E-state index contributed by atoms with van der Waals surface area (Å²) >= 11 is 7.26. The predicted octanol–water partition coefficient (Wildman–Crippen LogP) is 3.99. The van der Waals surface area contributed by atoms with Crippen molar-refractivity contribution in [1.82, 2.24) is 14.6 Å². The van der Waals surface area contributed by atoms with Crippen molar-refractivity contribution in [2.24, 2.45) is 5.92 Å². The average molecular weight is 472 g/mol. The van der Waals surface area contributed by atoms with Gasteiger partial charge >= 0.3 is 6.18 Å². The molecular weight excluding hydrogens is 455 g/mol. The quantitative estimate of drug-likeness (QED) is 0.625. The number of aryl methyl sites for hydroxylation is 1. The molecule has 7 nitrogen and oxygen atoms in total. The highest BCUT2D eigenvalue weighted by Crippen LogP contribution is 2.34.